The normalized spacial score (nSPS) is 11.8. The number of benzene rings is 1. The lowest BCUT2D eigenvalue weighted by atomic mass is 10.0. The number of hydrogen-bond donors (Lipinski definition) is 1. The van der Waals surface area contributed by atoms with Crippen LogP contribution in [0.3, 0.4) is 0 Å². The Morgan fingerprint density at radius 3 is 2.79 bits per heavy atom. The molecule has 1 amide bonds. The molecule has 0 saturated carbocycles. The maximum Gasteiger partial charge on any atom is 0.240 e. The van der Waals surface area contributed by atoms with Crippen LogP contribution < -0.4 is 5.32 Å². The standard InChI is InChI=1S/C15H19BrN2O/c1-4-15(2,3)17-14(19)10-18-8-7-11-9-12(16)5-6-13(11)18/h5-9H,4,10H2,1-3H3,(H,17,19). The molecule has 3 nitrogen and oxygen atoms in total. The third-order valence-corrected chi connectivity index (χ3v) is 3.90. The van der Waals surface area contributed by atoms with Gasteiger partial charge in [-0.2, -0.15) is 0 Å². The molecule has 4 heteroatoms. The highest BCUT2D eigenvalue weighted by Crippen LogP contribution is 2.20. The van der Waals surface area contributed by atoms with Gasteiger partial charge in [-0.15, -0.1) is 0 Å². The average molecular weight is 323 g/mol. The van der Waals surface area contributed by atoms with Crippen molar-refractivity contribution in [1.82, 2.24) is 9.88 Å². The van der Waals surface area contributed by atoms with Gasteiger partial charge in [0.1, 0.15) is 6.54 Å². The van der Waals surface area contributed by atoms with Gasteiger partial charge >= 0.3 is 0 Å². The molecule has 0 saturated heterocycles. The Hall–Kier alpha value is -1.29. The summed E-state index contributed by atoms with van der Waals surface area (Å²) in [5, 5.41) is 4.19. The third kappa shape index (κ3) is 3.38. The summed E-state index contributed by atoms with van der Waals surface area (Å²) in [4.78, 5) is 12.1. The molecule has 1 heterocycles. The molecule has 2 aromatic rings. The molecule has 2 rings (SSSR count). The van der Waals surface area contributed by atoms with Crippen LogP contribution in [0, 0.1) is 0 Å². The van der Waals surface area contributed by atoms with Crippen molar-refractivity contribution in [2.75, 3.05) is 0 Å². The van der Waals surface area contributed by atoms with Gasteiger partial charge in [0.15, 0.2) is 0 Å². The SMILES string of the molecule is CCC(C)(C)NC(=O)Cn1ccc2cc(Br)ccc21. The number of halogens is 1. The fraction of sp³-hybridized carbons (Fsp3) is 0.400. The Morgan fingerprint density at radius 2 is 2.11 bits per heavy atom. The van der Waals surface area contributed by atoms with Crippen molar-refractivity contribution in [2.45, 2.75) is 39.3 Å². The smallest absolute Gasteiger partial charge is 0.240 e. The zero-order valence-electron chi connectivity index (χ0n) is 11.5. The predicted octanol–water partition coefficient (Wildman–Crippen LogP) is 3.71. The Kier molecular flexibility index (Phi) is 3.99. The van der Waals surface area contributed by atoms with Crippen molar-refractivity contribution in [3.63, 3.8) is 0 Å². The second-order valence-corrected chi connectivity index (χ2v) is 6.35. The van der Waals surface area contributed by atoms with E-state index >= 15 is 0 Å². The van der Waals surface area contributed by atoms with Crippen molar-refractivity contribution in [3.05, 3.63) is 34.9 Å². The average Bonchev–Trinajstić information content (AvgIpc) is 2.71. The Morgan fingerprint density at radius 1 is 1.37 bits per heavy atom. The maximum absolute atomic E-state index is 12.1. The molecule has 102 valence electrons. The first-order valence-electron chi connectivity index (χ1n) is 6.47. The van der Waals surface area contributed by atoms with Crippen molar-refractivity contribution < 1.29 is 4.79 Å². The molecule has 0 aliphatic heterocycles. The number of amides is 1. The van der Waals surface area contributed by atoms with Crippen LogP contribution in [0.4, 0.5) is 0 Å². The summed E-state index contributed by atoms with van der Waals surface area (Å²) in [7, 11) is 0. The highest BCUT2D eigenvalue weighted by molar-refractivity contribution is 9.10. The molecule has 0 aliphatic rings. The zero-order chi connectivity index (χ0) is 14.0. The quantitative estimate of drug-likeness (QED) is 0.914. The van der Waals surface area contributed by atoms with E-state index in [1.165, 1.54) is 0 Å². The minimum absolute atomic E-state index is 0.0484. The van der Waals surface area contributed by atoms with Crippen molar-refractivity contribution in [1.29, 1.82) is 0 Å². The molecule has 0 atom stereocenters. The fourth-order valence-corrected chi connectivity index (χ4v) is 2.35. The first-order chi connectivity index (χ1) is 8.91. The molecule has 0 spiro atoms. The van der Waals surface area contributed by atoms with E-state index in [4.69, 9.17) is 0 Å². The summed E-state index contributed by atoms with van der Waals surface area (Å²) < 4.78 is 3.03. The molecule has 0 unspecified atom stereocenters. The number of rotatable bonds is 4. The molecule has 1 aromatic carbocycles. The molecule has 0 aliphatic carbocycles. The molecule has 1 N–H and O–H groups in total. The van der Waals surface area contributed by atoms with Gasteiger partial charge in [0.2, 0.25) is 5.91 Å². The minimum Gasteiger partial charge on any atom is -0.350 e. The second-order valence-electron chi connectivity index (χ2n) is 5.43. The van der Waals surface area contributed by atoms with Crippen LogP contribution in [0.15, 0.2) is 34.9 Å². The van der Waals surface area contributed by atoms with Gasteiger partial charge in [-0.3, -0.25) is 4.79 Å². The second kappa shape index (κ2) is 5.37. The summed E-state index contributed by atoms with van der Waals surface area (Å²) in [6, 6.07) is 8.10. The van der Waals surface area contributed by atoms with Gasteiger partial charge in [-0.25, -0.2) is 0 Å². The molecule has 0 bridgehead atoms. The van der Waals surface area contributed by atoms with Crippen LogP contribution in [-0.2, 0) is 11.3 Å². The first kappa shape index (κ1) is 14.1. The van der Waals surface area contributed by atoms with E-state index in [-0.39, 0.29) is 11.4 Å². The van der Waals surface area contributed by atoms with E-state index in [2.05, 4.69) is 34.2 Å². The molecule has 19 heavy (non-hydrogen) atoms. The Bertz CT molecular complexity index is 601. The monoisotopic (exact) mass is 322 g/mol. The van der Waals surface area contributed by atoms with E-state index in [0.29, 0.717) is 6.54 Å². The van der Waals surface area contributed by atoms with Crippen LogP contribution in [0.5, 0.6) is 0 Å². The molecule has 0 radical (unpaired) electrons. The summed E-state index contributed by atoms with van der Waals surface area (Å²) in [5.41, 5.74) is 0.927. The van der Waals surface area contributed by atoms with Gasteiger partial charge in [-0.1, -0.05) is 22.9 Å². The van der Waals surface area contributed by atoms with Crippen LogP contribution in [0.1, 0.15) is 27.2 Å². The van der Waals surface area contributed by atoms with Crippen LogP contribution in [0.2, 0.25) is 0 Å². The van der Waals surface area contributed by atoms with Gasteiger partial charge in [0.05, 0.1) is 0 Å². The predicted molar refractivity (Wildman–Crippen MR) is 82.2 cm³/mol. The lowest BCUT2D eigenvalue weighted by molar-refractivity contribution is -0.123. The molecular formula is C15H19BrN2O. The van der Waals surface area contributed by atoms with Gasteiger partial charge in [-0.05, 0) is 44.5 Å². The lowest BCUT2D eigenvalue weighted by Gasteiger charge is -2.24. The van der Waals surface area contributed by atoms with E-state index in [1.54, 1.807) is 0 Å². The number of carbonyl (C=O) groups excluding carboxylic acids is 1. The molecule has 0 fully saturated rings. The maximum atomic E-state index is 12.1. The van der Waals surface area contributed by atoms with Gasteiger partial charge in [0, 0.05) is 27.1 Å². The summed E-state index contributed by atoms with van der Waals surface area (Å²) >= 11 is 3.45. The van der Waals surface area contributed by atoms with Crippen molar-refractivity contribution in [3.8, 4) is 0 Å². The van der Waals surface area contributed by atoms with E-state index in [1.807, 2.05) is 42.8 Å². The highest BCUT2D eigenvalue weighted by atomic mass is 79.9. The summed E-state index contributed by atoms with van der Waals surface area (Å²) in [5.74, 6) is 0.0484. The number of nitrogens with one attached hydrogen (secondary N) is 1. The third-order valence-electron chi connectivity index (χ3n) is 3.41. The fourth-order valence-electron chi connectivity index (χ4n) is 1.97. The van der Waals surface area contributed by atoms with Crippen molar-refractivity contribution >= 4 is 32.7 Å². The highest BCUT2D eigenvalue weighted by Gasteiger charge is 2.18. The molecule has 1 aromatic heterocycles. The van der Waals surface area contributed by atoms with E-state index in [9.17, 15) is 4.79 Å². The van der Waals surface area contributed by atoms with Crippen LogP contribution in [-0.4, -0.2) is 16.0 Å². The largest absolute Gasteiger partial charge is 0.350 e. The lowest BCUT2D eigenvalue weighted by Crippen LogP contribution is -2.44. The number of carbonyl (C=O) groups is 1. The number of fused-ring (bicyclic) bond motifs is 1. The van der Waals surface area contributed by atoms with Gasteiger partial charge in [0.25, 0.3) is 0 Å². The topological polar surface area (TPSA) is 34.0 Å². The summed E-state index contributed by atoms with van der Waals surface area (Å²) in [6.45, 7) is 6.50. The first-order valence-corrected chi connectivity index (χ1v) is 7.26. The van der Waals surface area contributed by atoms with Gasteiger partial charge < -0.3 is 9.88 Å². The summed E-state index contributed by atoms with van der Waals surface area (Å²) in [6.07, 6.45) is 2.87. The number of nitrogens with zero attached hydrogens (tertiary/aromatic N) is 1. The number of aromatic nitrogens is 1. The minimum atomic E-state index is -0.150. The Labute approximate surface area is 122 Å². The van der Waals surface area contributed by atoms with Crippen LogP contribution in [0.25, 0.3) is 10.9 Å². The van der Waals surface area contributed by atoms with E-state index in [0.717, 1.165) is 21.8 Å². The van der Waals surface area contributed by atoms with E-state index < -0.39 is 0 Å². The zero-order valence-corrected chi connectivity index (χ0v) is 13.1. The van der Waals surface area contributed by atoms with Crippen LogP contribution >= 0.6 is 15.9 Å². The number of hydrogen-bond acceptors (Lipinski definition) is 1. The molecular weight excluding hydrogens is 304 g/mol. The van der Waals surface area contributed by atoms with Crippen molar-refractivity contribution in [2.24, 2.45) is 0 Å². The Balaban J connectivity index is 2.16.